The van der Waals surface area contributed by atoms with Crippen molar-refractivity contribution < 1.29 is 0 Å². The molecule has 3 aromatic heterocycles. The molecule has 0 aliphatic heterocycles. The van der Waals surface area contributed by atoms with E-state index >= 15 is 0 Å². The van der Waals surface area contributed by atoms with Gasteiger partial charge < -0.3 is 9.13 Å². The summed E-state index contributed by atoms with van der Waals surface area (Å²) >= 11 is 1.82. The second-order valence-electron chi connectivity index (χ2n) is 12.3. The molecule has 5 heteroatoms. The number of aromatic nitrogens is 2. The lowest BCUT2D eigenvalue weighted by Crippen LogP contribution is -2.03. The van der Waals surface area contributed by atoms with E-state index in [1.807, 2.05) is 47.7 Å². The fraction of sp³-hybridized carbons (Fsp3) is 0. The second-order valence-corrected chi connectivity index (χ2v) is 13.3. The van der Waals surface area contributed by atoms with Crippen molar-refractivity contribution in [2.24, 2.45) is 0 Å². The molecule has 0 radical (unpaired) electrons. The Balaban J connectivity index is 1.36. The second kappa shape index (κ2) is 10.4. The molecule has 0 atom stereocenters. The zero-order valence-corrected chi connectivity index (χ0v) is 26.9. The van der Waals surface area contributed by atoms with Crippen molar-refractivity contribution in [2.45, 2.75) is 0 Å². The van der Waals surface area contributed by atoms with Crippen molar-refractivity contribution in [3.8, 4) is 28.6 Å². The van der Waals surface area contributed by atoms with Crippen LogP contribution in [0.15, 0.2) is 146 Å². The molecule has 0 aliphatic carbocycles. The number of benzene rings is 7. The van der Waals surface area contributed by atoms with Gasteiger partial charge in [-0.15, -0.1) is 11.3 Å². The Morgan fingerprint density at radius 1 is 0.510 bits per heavy atom. The third kappa shape index (κ3) is 3.77. The number of para-hydroxylation sites is 5. The molecule has 10 aromatic rings. The Labute approximate surface area is 285 Å². The average Bonchev–Trinajstić information content (AvgIpc) is 3.82. The van der Waals surface area contributed by atoms with Crippen LogP contribution in [0, 0.1) is 17.9 Å². The summed E-state index contributed by atoms with van der Waals surface area (Å²) in [6, 6.07) is 52.7. The number of hydrogen-bond donors (Lipinski definition) is 0. The summed E-state index contributed by atoms with van der Waals surface area (Å²) in [7, 11) is 0. The minimum Gasteiger partial charge on any atom is -0.318 e. The molecular formula is C44H24N4S. The third-order valence-electron chi connectivity index (χ3n) is 9.79. The maximum atomic E-state index is 10.7. The molecule has 0 spiro atoms. The van der Waals surface area contributed by atoms with Crippen LogP contribution in [0.3, 0.4) is 0 Å². The quantitative estimate of drug-likeness (QED) is 0.177. The largest absolute Gasteiger partial charge is 0.318 e. The molecular weight excluding hydrogens is 617 g/mol. The van der Waals surface area contributed by atoms with Gasteiger partial charge in [-0.1, -0.05) is 109 Å². The SMILES string of the molecule is [C-]#[N+]c1cccc(-c2cccc(C#N)c2-n2c3ccccc3c3c4sc5ccccc5c4ccc32)c1-n1c2ccccc2c2ccccc21. The van der Waals surface area contributed by atoms with Crippen LogP contribution >= 0.6 is 11.3 Å². The Morgan fingerprint density at radius 2 is 1.08 bits per heavy atom. The molecule has 0 aliphatic rings. The number of thiophene rings is 1. The van der Waals surface area contributed by atoms with Gasteiger partial charge in [-0.3, -0.25) is 0 Å². The summed E-state index contributed by atoms with van der Waals surface area (Å²) in [5.74, 6) is 0. The van der Waals surface area contributed by atoms with E-state index in [1.54, 1.807) is 0 Å². The summed E-state index contributed by atoms with van der Waals surface area (Å²) < 4.78 is 6.99. The fourth-order valence-electron chi connectivity index (χ4n) is 7.81. The van der Waals surface area contributed by atoms with Crippen LogP contribution in [0.2, 0.25) is 0 Å². The van der Waals surface area contributed by atoms with Crippen LogP contribution in [0.1, 0.15) is 5.56 Å². The van der Waals surface area contributed by atoms with Crippen LogP contribution in [-0.4, -0.2) is 9.13 Å². The minimum absolute atomic E-state index is 0.548. The first-order valence-corrected chi connectivity index (χ1v) is 16.9. The molecule has 4 nitrogen and oxygen atoms in total. The summed E-state index contributed by atoms with van der Waals surface area (Å²) in [5.41, 5.74) is 8.65. The Kier molecular flexibility index (Phi) is 5.84. The zero-order valence-electron chi connectivity index (χ0n) is 26.1. The van der Waals surface area contributed by atoms with E-state index in [2.05, 4.69) is 129 Å². The smallest absolute Gasteiger partial charge is 0.211 e. The maximum Gasteiger partial charge on any atom is 0.211 e. The highest BCUT2D eigenvalue weighted by Crippen LogP contribution is 2.47. The lowest BCUT2D eigenvalue weighted by atomic mass is 9.97. The van der Waals surface area contributed by atoms with Crippen molar-refractivity contribution in [1.29, 1.82) is 5.26 Å². The first-order valence-electron chi connectivity index (χ1n) is 16.1. The van der Waals surface area contributed by atoms with Gasteiger partial charge in [0, 0.05) is 47.3 Å². The van der Waals surface area contributed by atoms with Gasteiger partial charge in [-0.25, -0.2) is 4.85 Å². The number of nitriles is 1. The van der Waals surface area contributed by atoms with E-state index < -0.39 is 0 Å². The Hall–Kier alpha value is -6.66. The monoisotopic (exact) mass is 640 g/mol. The topological polar surface area (TPSA) is 38.0 Å². The maximum absolute atomic E-state index is 10.7. The van der Waals surface area contributed by atoms with Gasteiger partial charge in [0.05, 0.1) is 45.6 Å². The molecule has 0 amide bonds. The molecule has 0 fully saturated rings. The summed E-state index contributed by atoms with van der Waals surface area (Å²) in [5, 5.41) is 17.8. The summed E-state index contributed by atoms with van der Waals surface area (Å²) in [6.07, 6.45) is 0. The van der Waals surface area contributed by atoms with Crippen LogP contribution in [0.25, 0.3) is 91.1 Å². The third-order valence-corrected chi connectivity index (χ3v) is 11.0. The van der Waals surface area contributed by atoms with E-state index in [1.165, 1.54) is 25.6 Å². The van der Waals surface area contributed by atoms with Crippen molar-refractivity contribution in [3.63, 3.8) is 0 Å². The van der Waals surface area contributed by atoms with Gasteiger partial charge in [0.1, 0.15) is 6.07 Å². The van der Waals surface area contributed by atoms with Crippen molar-refractivity contribution >= 4 is 80.8 Å². The number of nitrogens with zero attached hydrogens (tertiary/aromatic N) is 4. The lowest BCUT2D eigenvalue weighted by Gasteiger charge is -2.20. The molecule has 10 rings (SSSR count). The zero-order chi connectivity index (χ0) is 32.6. The van der Waals surface area contributed by atoms with Gasteiger partial charge in [0.15, 0.2) is 0 Å². The van der Waals surface area contributed by atoms with Crippen LogP contribution < -0.4 is 0 Å². The van der Waals surface area contributed by atoms with Gasteiger partial charge in [0.25, 0.3) is 0 Å². The van der Waals surface area contributed by atoms with Gasteiger partial charge >= 0.3 is 0 Å². The first kappa shape index (κ1) is 27.5. The lowest BCUT2D eigenvalue weighted by molar-refractivity contribution is 1.16. The van der Waals surface area contributed by atoms with Crippen molar-refractivity contribution in [1.82, 2.24) is 9.13 Å². The van der Waals surface area contributed by atoms with E-state index in [0.29, 0.717) is 11.3 Å². The highest BCUT2D eigenvalue weighted by Gasteiger charge is 2.24. The van der Waals surface area contributed by atoms with Crippen LogP contribution in [-0.2, 0) is 0 Å². The molecule has 3 heterocycles. The molecule has 0 N–H and O–H groups in total. The predicted molar refractivity (Wildman–Crippen MR) is 204 cm³/mol. The average molecular weight is 641 g/mol. The molecule has 7 aromatic carbocycles. The van der Waals surface area contributed by atoms with E-state index in [0.717, 1.165) is 60.7 Å². The number of rotatable bonds is 3. The fourth-order valence-corrected chi connectivity index (χ4v) is 9.06. The standard InChI is InChI=1S/C44H24N4S/c1-46-35-19-11-18-32(43(35)47-36-20-6-2-13-28(36)29-14-3-7-21-37(29)47)31-17-10-12-27(26-45)42(31)48-38-22-8-4-16-34(38)41-39(48)25-24-33-30-15-5-9-23-40(30)49-44(33)41/h2-25H. The van der Waals surface area contributed by atoms with Crippen LogP contribution in [0.4, 0.5) is 5.69 Å². The Bertz CT molecular complexity index is 3030. The van der Waals surface area contributed by atoms with Crippen LogP contribution in [0.5, 0.6) is 0 Å². The highest BCUT2D eigenvalue weighted by atomic mass is 32.1. The predicted octanol–water partition coefficient (Wildman–Crippen LogP) is 12.3. The highest BCUT2D eigenvalue weighted by molar-refractivity contribution is 7.26. The molecule has 226 valence electrons. The molecule has 49 heavy (non-hydrogen) atoms. The number of hydrogen-bond acceptors (Lipinski definition) is 2. The van der Waals surface area contributed by atoms with E-state index in [9.17, 15) is 5.26 Å². The molecule has 0 saturated carbocycles. The molecule has 0 unspecified atom stereocenters. The Morgan fingerprint density at radius 3 is 1.78 bits per heavy atom. The van der Waals surface area contributed by atoms with Gasteiger partial charge in [0.2, 0.25) is 5.69 Å². The van der Waals surface area contributed by atoms with Crippen molar-refractivity contribution in [3.05, 3.63) is 163 Å². The molecule has 0 bridgehead atoms. The first-order chi connectivity index (χ1) is 24.3. The van der Waals surface area contributed by atoms with Gasteiger partial charge in [-0.2, -0.15) is 5.26 Å². The van der Waals surface area contributed by atoms with E-state index in [-0.39, 0.29) is 0 Å². The summed E-state index contributed by atoms with van der Waals surface area (Å²) in [6.45, 7) is 8.33. The minimum atomic E-state index is 0.548. The molecule has 0 saturated heterocycles. The normalized spacial score (nSPS) is 11.6. The van der Waals surface area contributed by atoms with Gasteiger partial charge in [-0.05, 0) is 42.0 Å². The summed E-state index contributed by atoms with van der Waals surface area (Å²) in [4.78, 5) is 4.07. The van der Waals surface area contributed by atoms with E-state index in [4.69, 9.17) is 6.57 Å². The van der Waals surface area contributed by atoms with Crippen molar-refractivity contribution in [2.75, 3.05) is 0 Å². The number of fused-ring (bicyclic) bond motifs is 10.